The molecule has 5 nitrogen and oxygen atoms in total. The van der Waals surface area contributed by atoms with Crippen LogP contribution in [-0.4, -0.2) is 10.9 Å². The minimum Gasteiger partial charge on any atom is -0.450 e. The number of carbonyl (C=O) groups is 1. The first kappa shape index (κ1) is 20.2. The standard InChI is InChI=1S/C27H24N2O3/c1-16-8-13-20-19(15-16)24(30)22-23(17-9-11-18(12-10-17)27(2,3)4)29(26(31)25(22)32-20)21-7-5-6-14-28-21/h5-15,23H,1-4H3/t23-/m0/s1. The highest BCUT2D eigenvalue weighted by atomic mass is 16.3. The highest BCUT2D eigenvalue weighted by Gasteiger charge is 2.44. The van der Waals surface area contributed by atoms with E-state index in [1.807, 2.05) is 37.3 Å². The van der Waals surface area contributed by atoms with Crippen LogP contribution in [-0.2, 0) is 5.41 Å². The van der Waals surface area contributed by atoms with Gasteiger partial charge in [0, 0.05) is 6.20 Å². The van der Waals surface area contributed by atoms with Gasteiger partial charge in [-0.25, -0.2) is 4.98 Å². The van der Waals surface area contributed by atoms with Crippen LogP contribution in [0.5, 0.6) is 0 Å². The highest BCUT2D eigenvalue weighted by Crippen LogP contribution is 2.41. The minimum atomic E-state index is -0.609. The fourth-order valence-corrected chi connectivity index (χ4v) is 4.30. The fourth-order valence-electron chi connectivity index (χ4n) is 4.30. The Morgan fingerprint density at radius 1 is 0.969 bits per heavy atom. The predicted octanol–water partition coefficient (Wildman–Crippen LogP) is 5.54. The molecule has 0 saturated heterocycles. The van der Waals surface area contributed by atoms with Gasteiger partial charge in [0.25, 0.3) is 5.91 Å². The summed E-state index contributed by atoms with van der Waals surface area (Å²) in [7, 11) is 0. The van der Waals surface area contributed by atoms with E-state index in [9.17, 15) is 9.59 Å². The van der Waals surface area contributed by atoms with Crippen molar-refractivity contribution in [2.24, 2.45) is 0 Å². The zero-order valence-corrected chi connectivity index (χ0v) is 18.5. The normalized spacial score (nSPS) is 15.9. The Bertz CT molecular complexity index is 1400. The summed E-state index contributed by atoms with van der Waals surface area (Å²) in [5, 5.41) is 0.482. The summed E-state index contributed by atoms with van der Waals surface area (Å²) < 4.78 is 6.01. The van der Waals surface area contributed by atoms with Crippen molar-refractivity contribution in [3.05, 3.63) is 105 Å². The topological polar surface area (TPSA) is 63.4 Å². The summed E-state index contributed by atoms with van der Waals surface area (Å²) in [6.45, 7) is 8.39. The largest absolute Gasteiger partial charge is 0.450 e. The van der Waals surface area contributed by atoms with E-state index in [1.54, 1.807) is 29.3 Å². The monoisotopic (exact) mass is 424 g/mol. The number of amides is 1. The maximum atomic E-state index is 13.6. The molecule has 0 saturated carbocycles. The molecule has 0 aliphatic carbocycles. The Hall–Kier alpha value is -3.73. The van der Waals surface area contributed by atoms with E-state index in [2.05, 4.69) is 37.9 Å². The Morgan fingerprint density at radius 3 is 2.38 bits per heavy atom. The molecule has 4 aromatic rings. The number of benzene rings is 2. The highest BCUT2D eigenvalue weighted by molar-refractivity contribution is 6.10. The molecule has 32 heavy (non-hydrogen) atoms. The number of rotatable bonds is 2. The second-order valence-corrected chi connectivity index (χ2v) is 9.31. The maximum Gasteiger partial charge on any atom is 0.296 e. The summed E-state index contributed by atoms with van der Waals surface area (Å²) in [6, 6.07) is 18.3. The van der Waals surface area contributed by atoms with Crippen LogP contribution in [0.3, 0.4) is 0 Å². The van der Waals surface area contributed by atoms with Crippen LogP contribution >= 0.6 is 0 Å². The zero-order valence-electron chi connectivity index (χ0n) is 18.5. The summed E-state index contributed by atoms with van der Waals surface area (Å²) in [4.78, 5) is 33.1. The SMILES string of the molecule is Cc1ccc2oc3c(c(=O)c2c1)[C@H](c1ccc(C(C)(C)C)cc1)N(c1ccccn1)C3=O. The lowest BCUT2D eigenvalue weighted by molar-refractivity contribution is 0.0970. The van der Waals surface area contributed by atoms with Gasteiger partial charge in [-0.2, -0.15) is 0 Å². The first-order valence-electron chi connectivity index (χ1n) is 10.7. The number of carbonyl (C=O) groups excluding carboxylic acids is 1. The van der Waals surface area contributed by atoms with Crippen molar-refractivity contribution in [3.8, 4) is 0 Å². The number of hydrogen-bond donors (Lipinski definition) is 0. The maximum absolute atomic E-state index is 13.6. The predicted molar refractivity (Wildman–Crippen MR) is 125 cm³/mol. The zero-order chi connectivity index (χ0) is 22.6. The number of hydrogen-bond acceptors (Lipinski definition) is 4. The lowest BCUT2D eigenvalue weighted by Gasteiger charge is -2.25. The van der Waals surface area contributed by atoms with E-state index < -0.39 is 6.04 Å². The molecule has 3 heterocycles. The molecule has 1 amide bonds. The van der Waals surface area contributed by atoms with Crippen LogP contribution < -0.4 is 10.3 Å². The van der Waals surface area contributed by atoms with Crippen molar-refractivity contribution in [2.75, 3.05) is 4.90 Å². The molecule has 5 rings (SSSR count). The molecule has 160 valence electrons. The number of aromatic nitrogens is 1. The van der Waals surface area contributed by atoms with Gasteiger partial charge in [-0.3, -0.25) is 14.5 Å². The number of pyridine rings is 1. The van der Waals surface area contributed by atoms with Crippen LogP contribution in [0, 0.1) is 6.92 Å². The number of fused-ring (bicyclic) bond motifs is 2. The first-order chi connectivity index (χ1) is 15.3. The minimum absolute atomic E-state index is 0.00460. The van der Waals surface area contributed by atoms with Crippen LogP contribution in [0.15, 0.2) is 76.1 Å². The average Bonchev–Trinajstić information content (AvgIpc) is 3.07. The summed E-state index contributed by atoms with van der Waals surface area (Å²) in [5.41, 5.74) is 3.57. The van der Waals surface area contributed by atoms with Gasteiger partial charge < -0.3 is 4.42 Å². The number of aryl methyl sites for hydroxylation is 1. The smallest absolute Gasteiger partial charge is 0.296 e. The van der Waals surface area contributed by atoms with E-state index in [1.165, 1.54) is 5.56 Å². The van der Waals surface area contributed by atoms with Gasteiger partial charge in [0.2, 0.25) is 5.76 Å². The molecule has 1 atom stereocenters. The van der Waals surface area contributed by atoms with Crippen molar-refractivity contribution in [1.29, 1.82) is 0 Å². The van der Waals surface area contributed by atoms with E-state index in [-0.39, 0.29) is 22.5 Å². The molecule has 0 fully saturated rings. The Labute approximate surface area is 186 Å². The molecule has 0 radical (unpaired) electrons. The Morgan fingerprint density at radius 2 is 1.72 bits per heavy atom. The van der Waals surface area contributed by atoms with E-state index in [4.69, 9.17) is 4.42 Å². The van der Waals surface area contributed by atoms with E-state index >= 15 is 0 Å². The van der Waals surface area contributed by atoms with Crippen molar-refractivity contribution < 1.29 is 9.21 Å². The van der Waals surface area contributed by atoms with Gasteiger partial charge in [-0.1, -0.05) is 62.7 Å². The van der Waals surface area contributed by atoms with Gasteiger partial charge in [0.15, 0.2) is 5.43 Å². The number of anilines is 1. The van der Waals surface area contributed by atoms with Crippen molar-refractivity contribution >= 4 is 22.7 Å². The third kappa shape index (κ3) is 3.12. The second kappa shape index (κ2) is 7.16. The average molecular weight is 425 g/mol. The molecule has 5 heteroatoms. The lowest BCUT2D eigenvalue weighted by atomic mass is 9.86. The Kier molecular flexibility index (Phi) is 4.52. The van der Waals surface area contributed by atoms with Gasteiger partial charge in [-0.05, 0) is 47.7 Å². The first-order valence-corrected chi connectivity index (χ1v) is 10.7. The molecule has 0 N–H and O–H groups in total. The van der Waals surface area contributed by atoms with Crippen molar-refractivity contribution in [1.82, 2.24) is 4.98 Å². The molecule has 1 aliphatic heterocycles. The molecule has 2 aromatic carbocycles. The van der Waals surface area contributed by atoms with Crippen LogP contribution in [0.4, 0.5) is 5.82 Å². The van der Waals surface area contributed by atoms with Gasteiger partial charge in [-0.15, -0.1) is 0 Å². The molecular weight excluding hydrogens is 400 g/mol. The van der Waals surface area contributed by atoms with E-state index in [0.29, 0.717) is 22.4 Å². The van der Waals surface area contributed by atoms with Gasteiger partial charge >= 0.3 is 0 Å². The quantitative estimate of drug-likeness (QED) is 0.424. The van der Waals surface area contributed by atoms with Gasteiger partial charge in [0.05, 0.1) is 17.0 Å². The molecule has 0 spiro atoms. The molecule has 2 aromatic heterocycles. The van der Waals surface area contributed by atoms with Crippen LogP contribution in [0.25, 0.3) is 11.0 Å². The fraction of sp³-hybridized carbons (Fsp3) is 0.222. The number of nitrogens with zero attached hydrogens (tertiary/aromatic N) is 2. The third-order valence-corrected chi connectivity index (χ3v) is 6.01. The Balaban J connectivity index is 1.77. The molecular formula is C27H24N2O3. The molecule has 0 unspecified atom stereocenters. The van der Waals surface area contributed by atoms with Crippen molar-refractivity contribution in [2.45, 2.75) is 39.2 Å². The van der Waals surface area contributed by atoms with Gasteiger partial charge in [0.1, 0.15) is 11.4 Å². The molecule has 1 aliphatic rings. The third-order valence-electron chi connectivity index (χ3n) is 6.01. The van der Waals surface area contributed by atoms with E-state index in [0.717, 1.165) is 11.1 Å². The summed E-state index contributed by atoms with van der Waals surface area (Å²) in [6.07, 6.45) is 1.64. The van der Waals surface area contributed by atoms with Crippen molar-refractivity contribution in [3.63, 3.8) is 0 Å². The van der Waals surface area contributed by atoms with Crippen LogP contribution in [0.2, 0.25) is 0 Å². The van der Waals surface area contributed by atoms with Crippen LogP contribution in [0.1, 0.15) is 59.6 Å². The summed E-state index contributed by atoms with van der Waals surface area (Å²) >= 11 is 0. The second-order valence-electron chi connectivity index (χ2n) is 9.31. The lowest BCUT2D eigenvalue weighted by Crippen LogP contribution is -2.30. The summed E-state index contributed by atoms with van der Waals surface area (Å²) in [5.74, 6) is 0.207. The molecule has 0 bridgehead atoms.